The molecule has 1 aromatic carbocycles. The van der Waals surface area contributed by atoms with Crippen molar-refractivity contribution in [3.8, 4) is 5.69 Å². The minimum Gasteiger partial charge on any atom is -0.461 e. The van der Waals surface area contributed by atoms with E-state index in [9.17, 15) is 14.4 Å². The number of fused-ring (bicyclic) bond motifs is 1. The van der Waals surface area contributed by atoms with Gasteiger partial charge in [-0.1, -0.05) is 11.6 Å². The molecule has 3 rings (SSSR count). The third-order valence-corrected chi connectivity index (χ3v) is 4.51. The van der Waals surface area contributed by atoms with Crippen molar-refractivity contribution in [3.05, 3.63) is 46.2 Å². The van der Waals surface area contributed by atoms with Gasteiger partial charge in [0.15, 0.2) is 5.69 Å². The van der Waals surface area contributed by atoms with Gasteiger partial charge >= 0.3 is 12.0 Å². The lowest BCUT2D eigenvalue weighted by Crippen LogP contribution is -2.43. The van der Waals surface area contributed by atoms with Gasteiger partial charge in [0, 0.05) is 23.6 Å². The summed E-state index contributed by atoms with van der Waals surface area (Å²) in [6.07, 6.45) is 1.86. The van der Waals surface area contributed by atoms with E-state index in [1.807, 2.05) is 0 Å². The number of carbonyl (C=O) groups is 2. The number of carbonyl (C=O) groups excluding carboxylic acids is 3. The fraction of sp³-hybridized carbons (Fsp3) is 0.333. The highest BCUT2D eigenvalue weighted by atomic mass is 35.5. The maximum absolute atomic E-state index is 12.4. The van der Waals surface area contributed by atoms with Crippen molar-refractivity contribution in [2.45, 2.75) is 19.9 Å². The van der Waals surface area contributed by atoms with Gasteiger partial charge in [0.05, 0.1) is 24.5 Å². The number of nitrogens with zero attached hydrogens (tertiary/aromatic N) is 4. The maximum atomic E-state index is 12.4. The second-order valence-corrected chi connectivity index (χ2v) is 6.38. The first-order chi connectivity index (χ1) is 13.5. The summed E-state index contributed by atoms with van der Waals surface area (Å²) in [5.41, 5.74) is 2.40. The molecule has 0 unspecified atom stereocenters. The van der Waals surface area contributed by atoms with Crippen LogP contribution in [-0.4, -0.2) is 52.6 Å². The summed E-state index contributed by atoms with van der Waals surface area (Å²) in [5, 5.41) is 7.55. The highest BCUT2D eigenvalue weighted by Gasteiger charge is 2.31. The smallest absolute Gasteiger partial charge is 0.359 e. The van der Waals surface area contributed by atoms with Crippen molar-refractivity contribution in [2.75, 3.05) is 19.8 Å². The van der Waals surface area contributed by atoms with Gasteiger partial charge in [0.1, 0.15) is 6.67 Å². The lowest BCUT2D eigenvalue weighted by atomic mass is 10.1. The van der Waals surface area contributed by atoms with E-state index in [2.05, 4.69) is 15.4 Å². The molecule has 2 aromatic rings. The number of rotatable bonds is 5. The molecule has 9 nitrogen and oxygen atoms in total. The molecule has 1 N–H and O–H groups in total. The zero-order valence-electron chi connectivity index (χ0n) is 15.1. The van der Waals surface area contributed by atoms with Gasteiger partial charge in [-0.3, -0.25) is 0 Å². The molecule has 28 heavy (non-hydrogen) atoms. The molecule has 0 bridgehead atoms. The average molecular weight is 404 g/mol. The number of isocyanates is 1. The lowest BCUT2D eigenvalue weighted by Gasteiger charge is -2.27. The molecule has 0 saturated heterocycles. The highest BCUT2D eigenvalue weighted by molar-refractivity contribution is 6.30. The summed E-state index contributed by atoms with van der Waals surface area (Å²) in [6, 6.07) is 6.71. The zero-order valence-corrected chi connectivity index (χ0v) is 15.9. The molecule has 0 fully saturated rings. The third kappa shape index (κ3) is 4.05. The summed E-state index contributed by atoms with van der Waals surface area (Å²) < 4.78 is 6.81. The number of esters is 1. The lowest BCUT2D eigenvalue weighted by molar-refractivity contribution is 0.0516. The Balaban J connectivity index is 1.94. The molecular weight excluding hydrogens is 386 g/mol. The summed E-state index contributed by atoms with van der Waals surface area (Å²) in [6.45, 7) is 2.39. The van der Waals surface area contributed by atoms with Gasteiger partial charge in [-0.05, 0) is 31.2 Å². The van der Waals surface area contributed by atoms with E-state index >= 15 is 0 Å². The number of hydrogen-bond donors (Lipinski definition) is 1. The van der Waals surface area contributed by atoms with Crippen LogP contribution in [0.1, 0.15) is 28.7 Å². The Morgan fingerprint density at radius 3 is 2.79 bits per heavy atom. The van der Waals surface area contributed by atoms with Crippen LogP contribution in [0.2, 0.25) is 5.02 Å². The summed E-state index contributed by atoms with van der Waals surface area (Å²) in [5.74, 6) is -0.542. The van der Waals surface area contributed by atoms with Gasteiger partial charge in [-0.2, -0.15) is 10.1 Å². The van der Waals surface area contributed by atoms with E-state index in [1.54, 1.807) is 35.9 Å². The SMILES string of the molecule is CCOC(=O)c1nn(-c2ccc(Cl)cc2)c2c1CN(C(=O)NCN=C=O)CC2. The predicted octanol–water partition coefficient (Wildman–Crippen LogP) is 2.06. The van der Waals surface area contributed by atoms with Crippen molar-refractivity contribution < 1.29 is 19.1 Å². The van der Waals surface area contributed by atoms with Crippen LogP contribution in [0.4, 0.5) is 4.79 Å². The number of nitrogens with one attached hydrogen (secondary N) is 1. The topological polar surface area (TPSA) is 106 Å². The number of amides is 2. The predicted molar refractivity (Wildman–Crippen MR) is 100 cm³/mol. The number of aliphatic imine (C=N–C) groups is 1. The Morgan fingerprint density at radius 2 is 2.11 bits per heavy atom. The minimum absolute atomic E-state index is 0.152. The fourth-order valence-corrected chi connectivity index (χ4v) is 3.13. The number of ether oxygens (including phenoxy) is 1. The molecule has 0 saturated carbocycles. The molecule has 1 aromatic heterocycles. The molecule has 2 heterocycles. The van der Waals surface area contributed by atoms with Gasteiger partial charge in [0.2, 0.25) is 6.08 Å². The van der Waals surface area contributed by atoms with E-state index in [-0.39, 0.29) is 25.5 Å². The average Bonchev–Trinajstić information content (AvgIpc) is 3.08. The second kappa shape index (κ2) is 8.69. The molecule has 0 atom stereocenters. The summed E-state index contributed by atoms with van der Waals surface area (Å²) in [4.78, 5) is 39.6. The van der Waals surface area contributed by atoms with Gasteiger partial charge < -0.3 is 15.0 Å². The molecule has 1 aliphatic heterocycles. The van der Waals surface area contributed by atoms with Crippen LogP contribution in [0.3, 0.4) is 0 Å². The molecule has 0 radical (unpaired) electrons. The normalized spacial score (nSPS) is 12.7. The van der Waals surface area contributed by atoms with Crippen LogP contribution < -0.4 is 5.32 Å². The van der Waals surface area contributed by atoms with Gasteiger partial charge in [0.25, 0.3) is 0 Å². The zero-order chi connectivity index (χ0) is 20.1. The maximum Gasteiger partial charge on any atom is 0.359 e. The molecule has 0 aliphatic carbocycles. The molecule has 2 amide bonds. The first kappa shape index (κ1) is 19.6. The van der Waals surface area contributed by atoms with Gasteiger partial charge in [-0.15, -0.1) is 0 Å². The number of aromatic nitrogens is 2. The van der Waals surface area contributed by atoms with Crippen LogP contribution in [0, 0.1) is 0 Å². The van der Waals surface area contributed by atoms with Crippen LogP contribution in [-0.2, 0) is 22.5 Å². The molecular formula is C18H18ClN5O4. The number of benzene rings is 1. The molecule has 146 valence electrons. The molecule has 1 aliphatic rings. The van der Waals surface area contributed by atoms with Crippen molar-refractivity contribution in [1.29, 1.82) is 0 Å². The molecule has 10 heteroatoms. The summed E-state index contributed by atoms with van der Waals surface area (Å²) in [7, 11) is 0. The Hall–Kier alpha value is -3.16. The quantitative estimate of drug-likeness (QED) is 0.467. The van der Waals surface area contributed by atoms with E-state index in [0.29, 0.717) is 23.6 Å². The number of hydrogen-bond acceptors (Lipinski definition) is 6. The first-order valence-corrected chi connectivity index (χ1v) is 9.03. The Labute approximate surface area is 165 Å². The van der Waals surface area contributed by atoms with Crippen LogP contribution in [0.25, 0.3) is 5.69 Å². The van der Waals surface area contributed by atoms with Crippen molar-refractivity contribution in [2.24, 2.45) is 4.99 Å². The fourth-order valence-electron chi connectivity index (χ4n) is 3.00. The monoisotopic (exact) mass is 403 g/mol. The van der Waals surface area contributed by atoms with E-state index in [1.165, 1.54) is 11.0 Å². The number of halogens is 1. The first-order valence-electron chi connectivity index (χ1n) is 8.65. The standard InChI is InChI=1S/C18H18ClN5O4/c1-2-28-17(26)16-14-9-23(18(27)21-10-20-11-25)8-7-15(14)24(22-16)13-5-3-12(19)4-6-13/h3-6H,2,7-10H2,1H3,(H,21,27). The highest BCUT2D eigenvalue weighted by Crippen LogP contribution is 2.26. The van der Waals surface area contributed by atoms with E-state index in [4.69, 9.17) is 16.3 Å². The van der Waals surface area contributed by atoms with E-state index < -0.39 is 12.0 Å². The van der Waals surface area contributed by atoms with Crippen molar-refractivity contribution >= 4 is 29.7 Å². The van der Waals surface area contributed by atoms with Crippen LogP contribution in [0.5, 0.6) is 0 Å². The van der Waals surface area contributed by atoms with Crippen LogP contribution >= 0.6 is 11.6 Å². The van der Waals surface area contributed by atoms with Crippen LogP contribution in [0.15, 0.2) is 29.3 Å². The third-order valence-electron chi connectivity index (χ3n) is 4.26. The number of urea groups is 1. The minimum atomic E-state index is -0.542. The second-order valence-electron chi connectivity index (χ2n) is 5.94. The Bertz CT molecular complexity index is 934. The molecule has 0 spiro atoms. The van der Waals surface area contributed by atoms with Crippen molar-refractivity contribution in [3.63, 3.8) is 0 Å². The van der Waals surface area contributed by atoms with E-state index in [0.717, 1.165) is 11.4 Å². The van der Waals surface area contributed by atoms with Gasteiger partial charge in [-0.25, -0.2) is 19.1 Å². The van der Waals surface area contributed by atoms with Crippen molar-refractivity contribution in [1.82, 2.24) is 20.0 Å². The largest absolute Gasteiger partial charge is 0.461 e. The Kier molecular flexibility index (Phi) is 6.08. The summed E-state index contributed by atoms with van der Waals surface area (Å²) >= 11 is 5.96. The Morgan fingerprint density at radius 1 is 1.36 bits per heavy atom.